The van der Waals surface area contributed by atoms with E-state index in [0.717, 1.165) is 18.9 Å². The van der Waals surface area contributed by atoms with Gasteiger partial charge < -0.3 is 0 Å². The molecule has 2 aliphatic rings. The second-order valence-corrected chi connectivity index (χ2v) is 8.25. The lowest BCUT2D eigenvalue weighted by Gasteiger charge is -2.38. The van der Waals surface area contributed by atoms with Gasteiger partial charge >= 0.3 is 6.18 Å². The van der Waals surface area contributed by atoms with E-state index < -0.39 is 11.7 Å². The van der Waals surface area contributed by atoms with Crippen LogP contribution in [0.25, 0.3) is 0 Å². The highest BCUT2D eigenvalue weighted by Crippen LogP contribution is 2.44. The zero-order chi connectivity index (χ0) is 16.4. The van der Waals surface area contributed by atoms with Gasteiger partial charge in [0.1, 0.15) is 5.78 Å². The van der Waals surface area contributed by atoms with Gasteiger partial charge in [-0.3, -0.25) is 4.79 Å². The second kappa shape index (κ2) is 6.88. The van der Waals surface area contributed by atoms with E-state index in [0.29, 0.717) is 28.9 Å². The molecule has 5 heteroatoms. The molecule has 0 amide bonds. The van der Waals surface area contributed by atoms with Gasteiger partial charge in [-0.25, -0.2) is 0 Å². The maximum absolute atomic E-state index is 12.7. The summed E-state index contributed by atoms with van der Waals surface area (Å²) in [6.07, 6.45) is 2.05. The van der Waals surface area contributed by atoms with E-state index in [1.54, 1.807) is 6.07 Å². The smallest absolute Gasteiger partial charge is 0.299 e. The van der Waals surface area contributed by atoms with Crippen molar-refractivity contribution in [3.63, 3.8) is 0 Å². The van der Waals surface area contributed by atoms with Crippen molar-refractivity contribution in [2.45, 2.75) is 61.6 Å². The highest BCUT2D eigenvalue weighted by atomic mass is 32.2. The molecule has 1 aromatic rings. The highest BCUT2D eigenvalue weighted by molar-refractivity contribution is 8.00. The van der Waals surface area contributed by atoms with Gasteiger partial charge in [0.2, 0.25) is 0 Å². The molecule has 2 aliphatic heterocycles. The molecule has 2 unspecified atom stereocenters. The average molecular weight is 342 g/mol. The average Bonchev–Trinajstić information content (AvgIpc) is 2.51. The number of hydrogen-bond donors (Lipinski definition) is 0. The third kappa shape index (κ3) is 4.31. The zero-order valence-electron chi connectivity index (χ0n) is 12.9. The number of benzene rings is 1. The summed E-state index contributed by atoms with van der Waals surface area (Å²) in [6, 6.07) is 5.34. The van der Waals surface area contributed by atoms with Crippen LogP contribution >= 0.6 is 11.8 Å². The van der Waals surface area contributed by atoms with E-state index in [-0.39, 0.29) is 11.7 Å². The van der Waals surface area contributed by atoms with E-state index >= 15 is 0 Å². The highest BCUT2D eigenvalue weighted by Gasteiger charge is 2.35. The number of Topliss-reactive ketones (excluding diaryl/α,β-unsaturated/α-hetero) is 1. The van der Waals surface area contributed by atoms with Crippen LogP contribution in [-0.4, -0.2) is 16.3 Å². The number of rotatable bonds is 4. The van der Waals surface area contributed by atoms with Gasteiger partial charge in [-0.05, 0) is 43.7 Å². The SMILES string of the molecule is O=C(CCc1cccc(C(F)(F)F)c1)C1CC2CCCC(C1)S2. The normalized spacial score (nSPS) is 27.7. The number of thioether (sulfide) groups is 1. The number of alkyl halides is 3. The summed E-state index contributed by atoms with van der Waals surface area (Å²) in [5, 5.41) is 1.23. The minimum absolute atomic E-state index is 0.123. The third-order valence-electron chi connectivity index (χ3n) is 4.90. The quantitative estimate of drug-likeness (QED) is 0.741. The van der Waals surface area contributed by atoms with Crippen molar-refractivity contribution in [2.24, 2.45) is 5.92 Å². The molecule has 3 rings (SSSR count). The first kappa shape index (κ1) is 16.9. The van der Waals surface area contributed by atoms with Crippen molar-refractivity contribution < 1.29 is 18.0 Å². The molecule has 0 saturated carbocycles. The van der Waals surface area contributed by atoms with Crippen molar-refractivity contribution in [2.75, 3.05) is 0 Å². The van der Waals surface area contributed by atoms with E-state index in [1.807, 2.05) is 11.8 Å². The first-order valence-electron chi connectivity index (χ1n) is 8.26. The summed E-state index contributed by atoms with van der Waals surface area (Å²) in [5.41, 5.74) is -0.0374. The summed E-state index contributed by atoms with van der Waals surface area (Å²) in [6.45, 7) is 0. The standard InChI is InChI=1S/C18H21F3OS/c19-18(20,21)14-4-1-3-12(9-14)7-8-17(22)13-10-15-5-2-6-16(11-13)23-15/h1,3-4,9,13,15-16H,2,5-8,10-11H2. The molecule has 126 valence electrons. The van der Waals surface area contributed by atoms with Crippen LogP contribution in [0.15, 0.2) is 24.3 Å². The second-order valence-electron chi connectivity index (χ2n) is 6.64. The predicted octanol–water partition coefficient (Wildman–Crippen LogP) is 5.27. The molecule has 2 fully saturated rings. The number of ketones is 1. The van der Waals surface area contributed by atoms with E-state index in [9.17, 15) is 18.0 Å². The Morgan fingerprint density at radius 1 is 1.17 bits per heavy atom. The van der Waals surface area contributed by atoms with Crippen LogP contribution in [0.5, 0.6) is 0 Å². The lowest BCUT2D eigenvalue weighted by atomic mass is 9.85. The predicted molar refractivity (Wildman–Crippen MR) is 86.5 cm³/mol. The summed E-state index contributed by atoms with van der Waals surface area (Å²) in [7, 11) is 0. The fraction of sp³-hybridized carbons (Fsp3) is 0.611. The Hall–Kier alpha value is -0.970. The van der Waals surface area contributed by atoms with Crippen LogP contribution in [0.2, 0.25) is 0 Å². The molecule has 2 saturated heterocycles. The Balaban J connectivity index is 1.57. The van der Waals surface area contributed by atoms with Gasteiger partial charge in [0.15, 0.2) is 0 Å². The van der Waals surface area contributed by atoms with Crippen molar-refractivity contribution >= 4 is 17.5 Å². The minimum atomic E-state index is -4.32. The van der Waals surface area contributed by atoms with Crippen LogP contribution in [-0.2, 0) is 17.4 Å². The molecule has 0 N–H and O–H groups in total. The summed E-state index contributed by atoms with van der Waals surface area (Å²) >= 11 is 2.04. The Morgan fingerprint density at radius 2 is 1.87 bits per heavy atom. The van der Waals surface area contributed by atoms with Gasteiger partial charge in [-0.15, -0.1) is 0 Å². The first-order chi connectivity index (χ1) is 10.9. The Labute approximate surface area is 139 Å². The molecule has 2 heterocycles. The largest absolute Gasteiger partial charge is 0.416 e. The molecule has 0 aromatic heterocycles. The number of hydrogen-bond acceptors (Lipinski definition) is 2. The van der Waals surface area contributed by atoms with Gasteiger partial charge in [0.05, 0.1) is 5.56 Å². The third-order valence-corrected chi connectivity index (χ3v) is 6.53. The van der Waals surface area contributed by atoms with Crippen molar-refractivity contribution in [1.82, 2.24) is 0 Å². The van der Waals surface area contributed by atoms with E-state index in [1.165, 1.54) is 31.4 Å². The fourth-order valence-electron chi connectivity index (χ4n) is 3.70. The van der Waals surface area contributed by atoms with E-state index in [2.05, 4.69) is 0 Å². The number of fused-ring (bicyclic) bond motifs is 2. The maximum atomic E-state index is 12.7. The molecular formula is C18H21F3OS. The molecule has 0 aliphatic carbocycles. The Kier molecular flexibility index (Phi) is 5.04. The lowest BCUT2D eigenvalue weighted by molar-refractivity contribution is -0.137. The molecule has 1 aromatic carbocycles. The monoisotopic (exact) mass is 342 g/mol. The summed E-state index contributed by atoms with van der Waals surface area (Å²) in [5.74, 6) is 0.358. The van der Waals surface area contributed by atoms with Gasteiger partial charge in [-0.2, -0.15) is 24.9 Å². The van der Waals surface area contributed by atoms with Crippen molar-refractivity contribution in [1.29, 1.82) is 0 Å². The van der Waals surface area contributed by atoms with Crippen LogP contribution in [0.3, 0.4) is 0 Å². The van der Waals surface area contributed by atoms with Gasteiger partial charge in [-0.1, -0.05) is 24.6 Å². The van der Waals surface area contributed by atoms with Crippen LogP contribution in [0.4, 0.5) is 13.2 Å². The van der Waals surface area contributed by atoms with Crippen LogP contribution in [0.1, 0.15) is 49.7 Å². The van der Waals surface area contributed by atoms with Gasteiger partial charge in [0.25, 0.3) is 0 Å². The topological polar surface area (TPSA) is 17.1 Å². The maximum Gasteiger partial charge on any atom is 0.416 e. The molecule has 2 atom stereocenters. The molecule has 0 radical (unpaired) electrons. The van der Waals surface area contributed by atoms with Crippen LogP contribution in [0, 0.1) is 5.92 Å². The van der Waals surface area contributed by atoms with Crippen molar-refractivity contribution in [3.05, 3.63) is 35.4 Å². The fourth-order valence-corrected chi connectivity index (χ4v) is 5.53. The van der Waals surface area contributed by atoms with E-state index in [4.69, 9.17) is 0 Å². The summed E-state index contributed by atoms with van der Waals surface area (Å²) in [4.78, 5) is 12.5. The zero-order valence-corrected chi connectivity index (χ0v) is 13.8. The molecule has 2 bridgehead atoms. The number of halogens is 3. The Morgan fingerprint density at radius 3 is 2.52 bits per heavy atom. The number of carbonyl (C=O) groups excluding carboxylic acids is 1. The van der Waals surface area contributed by atoms with Crippen molar-refractivity contribution in [3.8, 4) is 0 Å². The Bertz CT molecular complexity index is 558. The molecule has 0 spiro atoms. The lowest BCUT2D eigenvalue weighted by Crippen LogP contribution is -2.33. The van der Waals surface area contributed by atoms with Gasteiger partial charge in [0, 0.05) is 22.8 Å². The minimum Gasteiger partial charge on any atom is -0.299 e. The number of carbonyl (C=O) groups is 1. The molecular weight excluding hydrogens is 321 g/mol. The van der Waals surface area contributed by atoms with Crippen LogP contribution < -0.4 is 0 Å². The molecule has 23 heavy (non-hydrogen) atoms. The molecule has 1 nitrogen and oxygen atoms in total. The summed E-state index contributed by atoms with van der Waals surface area (Å²) < 4.78 is 38.2. The number of aryl methyl sites for hydroxylation is 1. The first-order valence-corrected chi connectivity index (χ1v) is 9.20.